The van der Waals surface area contributed by atoms with Crippen molar-refractivity contribution in [1.82, 2.24) is 9.88 Å². The van der Waals surface area contributed by atoms with Crippen LogP contribution in [0.4, 0.5) is 0 Å². The second kappa shape index (κ2) is 4.78. The molecule has 0 atom stereocenters. The lowest BCUT2D eigenvalue weighted by molar-refractivity contribution is 0.0479. The molecule has 0 saturated carbocycles. The predicted octanol–water partition coefficient (Wildman–Crippen LogP) is 1.92. The maximum absolute atomic E-state index is 8.89. The lowest BCUT2D eigenvalue weighted by atomic mass is 10.0. The zero-order valence-electron chi connectivity index (χ0n) is 8.16. The van der Waals surface area contributed by atoms with Gasteiger partial charge < -0.3 is 5.11 Å². The summed E-state index contributed by atoms with van der Waals surface area (Å²) in [7, 11) is 0. The van der Waals surface area contributed by atoms with Crippen LogP contribution in [0.15, 0.2) is 16.7 Å². The second-order valence-corrected chi connectivity index (χ2v) is 5.00. The molecule has 1 aromatic rings. The minimum Gasteiger partial charge on any atom is -0.396 e. The van der Waals surface area contributed by atoms with Crippen LogP contribution in [0, 0.1) is 5.92 Å². The Balaban J connectivity index is 1.94. The Morgan fingerprint density at radius 2 is 2.27 bits per heavy atom. The molecule has 5 heteroatoms. The molecule has 0 bridgehead atoms. The summed E-state index contributed by atoms with van der Waals surface area (Å²) in [6, 6.07) is 3.87. The second-order valence-electron chi connectivity index (χ2n) is 3.83. The Hall–Kier alpha value is -0.160. The van der Waals surface area contributed by atoms with E-state index in [1.54, 1.807) is 0 Å². The van der Waals surface area contributed by atoms with Crippen LogP contribution in [-0.4, -0.2) is 34.7 Å². The Labute approximate surface area is 102 Å². The molecular formula is C10H12BrClN2O. The largest absolute Gasteiger partial charge is 0.396 e. The number of nitrogens with zero attached hydrogens (tertiary/aromatic N) is 2. The number of aliphatic hydroxyl groups is 1. The van der Waals surface area contributed by atoms with E-state index < -0.39 is 0 Å². The molecule has 0 radical (unpaired) electrons. The summed E-state index contributed by atoms with van der Waals surface area (Å²) in [6.45, 7) is 2.99. The van der Waals surface area contributed by atoms with E-state index in [2.05, 4.69) is 25.8 Å². The highest BCUT2D eigenvalue weighted by Gasteiger charge is 2.26. The van der Waals surface area contributed by atoms with Crippen LogP contribution in [0.2, 0.25) is 5.15 Å². The first kappa shape index (κ1) is 11.3. The molecule has 0 spiro atoms. The summed E-state index contributed by atoms with van der Waals surface area (Å²) < 4.78 is 0.757. The summed E-state index contributed by atoms with van der Waals surface area (Å²) in [5.41, 5.74) is 1.04. The maximum Gasteiger partial charge on any atom is 0.134 e. The number of aromatic nitrogens is 1. The van der Waals surface area contributed by atoms with Gasteiger partial charge in [-0.15, -0.1) is 0 Å². The summed E-state index contributed by atoms with van der Waals surface area (Å²) >= 11 is 9.28. The van der Waals surface area contributed by atoms with Crippen molar-refractivity contribution < 1.29 is 5.11 Å². The molecule has 1 saturated heterocycles. The molecule has 0 aliphatic carbocycles. The van der Waals surface area contributed by atoms with E-state index in [1.807, 2.05) is 12.1 Å². The van der Waals surface area contributed by atoms with Gasteiger partial charge in [-0.3, -0.25) is 4.90 Å². The molecule has 2 heterocycles. The van der Waals surface area contributed by atoms with Crippen LogP contribution in [0.1, 0.15) is 5.56 Å². The number of hydrogen-bond donors (Lipinski definition) is 1. The van der Waals surface area contributed by atoms with E-state index >= 15 is 0 Å². The van der Waals surface area contributed by atoms with Crippen molar-refractivity contribution in [2.24, 2.45) is 5.92 Å². The highest BCUT2D eigenvalue weighted by molar-refractivity contribution is 9.10. The molecule has 0 aromatic carbocycles. The van der Waals surface area contributed by atoms with Crippen LogP contribution in [-0.2, 0) is 6.54 Å². The minimum atomic E-state index is 0.281. The molecule has 0 unspecified atom stereocenters. The summed E-state index contributed by atoms with van der Waals surface area (Å²) in [6.07, 6.45) is 0. The quantitative estimate of drug-likeness (QED) is 0.865. The van der Waals surface area contributed by atoms with Gasteiger partial charge in [0, 0.05) is 37.7 Å². The van der Waals surface area contributed by atoms with Gasteiger partial charge in [-0.2, -0.15) is 0 Å². The van der Waals surface area contributed by atoms with E-state index in [0.717, 1.165) is 29.8 Å². The van der Waals surface area contributed by atoms with Gasteiger partial charge in [0.1, 0.15) is 9.76 Å². The van der Waals surface area contributed by atoms with E-state index in [0.29, 0.717) is 11.1 Å². The van der Waals surface area contributed by atoms with Crippen LogP contribution < -0.4 is 0 Å². The average molecular weight is 292 g/mol. The third-order valence-corrected chi connectivity index (χ3v) is 3.35. The molecule has 1 N–H and O–H groups in total. The molecule has 1 aliphatic heterocycles. The molecule has 1 aromatic heterocycles. The molecule has 3 nitrogen and oxygen atoms in total. The summed E-state index contributed by atoms with van der Waals surface area (Å²) in [5.74, 6) is 0.437. The normalized spacial score (nSPS) is 17.8. The van der Waals surface area contributed by atoms with Gasteiger partial charge in [0.15, 0.2) is 0 Å². The topological polar surface area (TPSA) is 36.4 Å². The molecule has 82 valence electrons. The SMILES string of the molecule is OCC1CN(Cc2ccc(Br)nc2Cl)C1. The fourth-order valence-corrected chi connectivity index (χ4v) is 2.35. The zero-order chi connectivity index (χ0) is 10.8. The Kier molecular flexibility index (Phi) is 3.61. The Bertz CT molecular complexity index is 355. The van der Waals surface area contributed by atoms with Crippen LogP contribution >= 0.6 is 27.5 Å². The van der Waals surface area contributed by atoms with Crippen LogP contribution in [0.5, 0.6) is 0 Å². The average Bonchev–Trinajstić information content (AvgIpc) is 2.13. The van der Waals surface area contributed by atoms with Crippen molar-refractivity contribution >= 4 is 27.5 Å². The van der Waals surface area contributed by atoms with Gasteiger partial charge in [-0.1, -0.05) is 17.7 Å². The Morgan fingerprint density at radius 1 is 1.53 bits per heavy atom. The first-order valence-electron chi connectivity index (χ1n) is 4.83. The zero-order valence-corrected chi connectivity index (χ0v) is 10.5. The maximum atomic E-state index is 8.89. The highest BCUT2D eigenvalue weighted by Crippen LogP contribution is 2.22. The van der Waals surface area contributed by atoms with Gasteiger partial charge in [0.2, 0.25) is 0 Å². The van der Waals surface area contributed by atoms with E-state index in [9.17, 15) is 0 Å². The summed E-state index contributed by atoms with van der Waals surface area (Å²) in [4.78, 5) is 6.38. The lowest BCUT2D eigenvalue weighted by Gasteiger charge is -2.38. The number of rotatable bonds is 3. The standard InChI is InChI=1S/C10H12BrClN2O/c11-9-2-1-8(10(12)13-9)5-14-3-7(4-14)6-15/h1-2,7,15H,3-6H2. The molecule has 15 heavy (non-hydrogen) atoms. The Morgan fingerprint density at radius 3 is 2.87 bits per heavy atom. The molecule has 1 aliphatic rings. The van der Waals surface area contributed by atoms with Crippen molar-refractivity contribution in [3.63, 3.8) is 0 Å². The van der Waals surface area contributed by atoms with Crippen molar-refractivity contribution in [2.75, 3.05) is 19.7 Å². The third-order valence-electron chi connectivity index (χ3n) is 2.58. The molecule has 0 amide bonds. The molecule has 1 fully saturated rings. The fourth-order valence-electron chi connectivity index (χ4n) is 1.72. The van der Waals surface area contributed by atoms with Crippen molar-refractivity contribution in [2.45, 2.75) is 6.54 Å². The van der Waals surface area contributed by atoms with Gasteiger partial charge >= 0.3 is 0 Å². The van der Waals surface area contributed by atoms with E-state index in [-0.39, 0.29) is 6.61 Å². The monoisotopic (exact) mass is 290 g/mol. The lowest BCUT2D eigenvalue weighted by Crippen LogP contribution is -2.47. The number of halogens is 2. The van der Waals surface area contributed by atoms with Crippen molar-refractivity contribution in [3.05, 3.63) is 27.5 Å². The highest BCUT2D eigenvalue weighted by atomic mass is 79.9. The fraction of sp³-hybridized carbons (Fsp3) is 0.500. The molecule has 2 rings (SSSR count). The van der Waals surface area contributed by atoms with Gasteiger partial charge in [0.05, 0.1) is 0 Å². The predicted molar refractivity (Wildman–Crippen MR) is 62.8 cm³/mol. The first-order valence-corrected chi connectivity index (χ1v) is 6.00. The third kappa shape index (κ3) is 2.69. The minimum absolute atomic E-state index is 0.281. The summed E-state index contributed by atoms with van der Waals surface area (Å²) in [5, 5.41) is 9.44. The van der Waals surface area contributed by atoms with Crippen LogP contribution in [0.25, 0.3) is 0 Å². The number of aliphatic hydroxyl groups excluding tert-OH is 1. The molecular weight excluding hydrogens is 279 g/mol. The number of likely N-dealkylation sites (tertiary alicyclic amines) is 1. The van der Waals surface area contributed by atoms with Gasteiger partial charge in [-0.25, -0.2) is 4.98 Å². The first-order chi connectivity index (χ1) is 7.19. The van der Waals surface area contributed by atoms with Crippen molar-refractivity contribution in [1.29, 1.82) is 0 Å². The van der Waals surface area contributed by atoms with Gasteiger partial charge in [-0.05, 0) is 22.0 Å². The van der Waals surface area contributed by atoms with E-state index in [4.69, 9.17) is 16.7 Å². The van der Waals surface area contributed by atoms with Crippen LogP contribution in [0.3, 0.4) is 0 Å². The van der Waals surface area contributed by atoms with Crippen molar-refractivity contribution in [3.8, 4) is 0 Å². The smallest absolute Gasteiger partial charge is 0.134 e. The van der Waals surface area contributed by atoms with Gasteiger partial charge in [0.25, 0.3) is 0 Å². The van der Waals surface area contributed by atoms with E-state index in [1.165, 1.54) is 0 Å². The number of hydrogen-bond acceptors (Lipinski definition) is 3. The number of pyridine rings is 1.